The normalized spacial score (nSPS) is 16.4. The number of likely N-dealkylation sites (tertiary alicyclic amines) is 1. The number of ether oxygens (including phenoxy) is 2. The quantitative estimate of drug-likeness (QED) is 0.593. The van der Waals surface area contributed by atoms with Crippen LogP contribution in [0.1, 0.15) is 46.4 Å². The highest BCUT2D eigenvalue weighted by Gasteiger charge is 2.29. The summed E-state index contributed by atoms with van der Waals surface area (Å²) < 4.78 is 16.4. The molecule has 2 heterocycles. The van der Waals surface area contributed by atoms with Crippen LogP contribution in [-0.2, 0) is 18.0 Å². The van der Waals surface area contributed by atoms with Gasteiger partial charge in [-0.05, 0) is 30.5 Å². The van der Waals surface area contributed by atoms with Crippen LogP contribution in [0.25, 0.3) is 0 Å². The summed E-state index contributed by atoms with van der Waals surface area (Å²) in [6.45, 7) is 2.01. The summed E-state index contributed by atoms with van der Waals surface area (Å²) in [5.74, 6) is 1.68. The molecule has 3 aromatic rings. The number of rotatable bonds is 7. The van der Waals surface area contributed by atoms with E-state index in [1.54, 1.807) is 19.2 Å². The summed E-state index contributed by atoms with van der Waals surface area (Å²) in [6, 6.07) is 17.2. The maximum absolute atomic E-state index is 13.0. The highest BCUT2D eigenvalue weighted by molar-refractivity contribution is 5.97. The molecule has 7 heteroatoms. The first-order chi connectivity index (χ1) is 14.7. The highest BCUT2D eigenvalue weighted by atomic mass is 16.5. The summed E-state index contributed by atoms with van der Waals surface area (Å²) in [6.07, 6.45) is 1.81. The smallest absolute Gasteiger partial charge is 0.257 e. The SMILES string of the molecule is COc1ccccc1C(=O)N1CCCC(c2noc(COCc3ccccc3)n2)C1. The third kappa shape index (κ3) is 4.68. The zero-order valence-corrected chi connectivity index (χ0v) is 17.0. The number of hydrogen-bond donors (Lipinski definition) is 0. The zero-order valence-electron chi connectivity index (χ0n) is 17.0. The van der Waals surface area contributed by atoms with Crippen LogP contribution in [0.4, 0.5) is 0 Å². The summed E-state index contributed by atoms with van der Waals surface area (Å²) >= 11 is 0. The van der Waals surface area contributed by atoms with Crippen molar-refractivity contribution in [3.05, 3.63) is 77.4 Å². The molecule has 1 fully saturated rings. The van der Waals surface area contributed by atoms with Gasteiger partial charge in [0.25, 0.3) is 11.8 Å². The molecule has 1 unspecified atom stereocenters. The fourth-order valence-corrected chi connectivity index (χ4v) is 3.69. The Morgan fingerprint density at radius 2 is 1.93 bits per heavy atom. The zero-order chi connectivity index (χ0) is 20.8. The van der Waals surface area contributed by atoms with Gasteiger partial charge in [0.15, 0.2) is 5.82 Å². The van der Waals surface area contributed by atoms with Gasteiger partial charge in [0.2, 0.25) is 0 Å². The van der Waals surface area contributed by atoms with Gasteiger partial charge in [0.1, 0.15) is 12.4 Å². The first-order valence-corrected chi connectivity index (χ1v) is 10.1. The summed E-state index contributed by atoms with van der Waals surface area (Å²) in [4.78, 5) is 19.3. The third-order valence-electron chi connectivity index (χ3n) is 5.23. The molecule has 156 valence electrons. The molecule has 0 spiro atoms. The van der Waals surface area contributed by atoms with E-state index < -0.39 is 0 Å². The van der Waals surface area contributed by atoms with Gasteiger partial charge in [0.05, 0.1) is 19.3 Å². The van der Waals surface area contributed by atoms with E-state index in [0.29, 0.717) is 42.7 Å². The Balaban J connectivity index is 1.36. The molecule has 7 nitrogen and oxygen atoms in total. The molecule has 1 atom stereocenters. The highest BCUT2D eigenvalue weighted by Crippen LogP contribution is 2.28. The molecule has 0 saturated carbocycles. The molecule has 2 aromatic carbocycles. The number of benzene rings is 2. The number of piperidine rings is 1. The monoisotopic (exact) mass is 407 g/mol. The van der Waals surface area contributed by atoms with Gasteiger partial charge < -0.3 is 18.9 Å². The van der Waals surface area contributed by atoms with Crippen LogP contribution in [0, 0.1) is 0 Å². The van der Waals surface area contributed by atoms with Gasteiger partial charge in [-0.15, -0.1) is 0 Å². The molecular weight excluding hydrogens is 382 g/mol. The van der Waals surface area contributed by atoms with Crippen molar-refractivity contribution in [1.29, 1.82) is 0 Å². The van der Waals surface area contributed by atoms with Crippen molar-refractivity contribution in [3.63, 3.8) is 0 Å². The summed E-state index contributed by atoms with van der Waals surface area (Å²) in [7, 11) is 1.58. The number of methoxy groups -OCH3 is 1. The molecule has 1 amide bonds. The summed E-state index contributed by atoms with van der Waals surface area (Å²) in [5.41, 5.74) is 1.67. The second-order valence-corrected chi connectivity index (χ2v) is 7.32. The van der Waals surface area contributed by atoms with E-state index in [9.17, 15) is 4.79 Å². The van der Waals surface area contributed by atoms with E-state index in [2.05, 4.69) is 10.1 Å². The van der Waals surface area contributed by atoms with Crippen molar-refractivity contribution in [2.45, 2.75) is 32.0 Å². The van der Waals surface area contributed by atoms with E-state index in [0.717, 1.165) is 18.4 Å². The van der Waals surface area contributed by atoms with Gasteiger partial charge in [-0.25, -0.2) is 0 Å². The lowest BCUT2D eigenvalue weighted by Crippen LogP contribution is -2.39. The van der Waals surface area contributed by atoms with Crippen molar-refractivity contribution in [1.82, 2.24) is 15.0 Å². The average Bonchev–Trinajstić information content (AvgIpc) is 3.28. The molecule has 0 radical (unpaired) electrons. The number of amides is 1. The Hall–Kier alpha value is -3.19. The number of carbonyl (C=O) groups excluding carboxylic acids is 1. The van der Waals surface area contributed by atoms with Crippen LogP contribution >= 0.6 is 0 Å². The average molecular weight is 407 g/mol. The van der Waals surface area contributed by atoms with E-state index in [-0.39, 0.29) is 18.4 Å². The minimum Gasteiger partial charge on any atom is -0.496 e. The van der Waals surface area contributed by atoms with Crippen LogP contribution in [0.2, 0.25) is 0 Å². The van der Waals surface area contributed by atoms with E-state index >= 15 is 0 Å². The van der Waals surface area contributed by atoms with E-state index in [1.807, 2.05) is 47.4 Å². The lowest BCUT2D eigenvalue weighted by molar-refractivity contribution is 0.0700. The molecule has 0 aliphatic carbocycles. The van der Waals surface area contributed by atoms with Gasteiger partial charge in [-0.3, -0.25) is 4.79 Å². The maximum Gasteiger partial charge on any atom is 0.257 e. The van der Waals surface area contributed by atoms with Crippen molar-refractivity contribution in [3.8, 4) is 5.75 Å². The molecule has 0 N–H and O–H groups in total. The molecule has 1 aromatic heterocycles. The Morgan fingerprint density at radius 3 is 2.77 bits per heavy atom. The molecule has 0 bridgehead atoms. The molecule has 1 aliphatic rings. The van der Waals surface area contributed by atoms with E-state index in [4.69, 9.17) is 14.0 Å². The maximum atomic E-state index is 13.0. The Labute approximate surface area is 175 Å². The first-order valence-electron chi connectivity index (χ1n) is 10.1. The van der Waals surface area contributed by atoms with Crippen LogP contribution in [-0.4, -0.2) is 41.1 Å². The molecule has 4 rings (SSSR count). The van der Waals surface area contributed by atoms with Crippen LogP contribution in [0.5, 0.6) is 5.75 Å². The third-order valence-corrected chi connectivity index (χ3v) is 5.23. The lowest BCUT2D eigenvalue weighted by atomic mass is 9.96. The Kier molecular flexibility index (Phi) is 6.39. The number of nitrogens with zero attached hydrogens (tertiary/aromatic N) is 3. The lowest BCUT2D eigenvalue weighted by Gasteiger charge is -2.31. The Morgan fingerprint density at radius 1 is 1.13 bits per heavy atom. The second-order valence-electron chi connectivity index (χ2n) is 7.32. The minimum atomic E-state index is -0.0351. The fourth-order valence-electron chi connectivity index (χ4n) is 3.69. The van der Waals surface area contributed by atoms with Crippen LogP contribution in [0.3, 0.4) is 0 Å². The van der Waals surface area contributed by atoms with Gasteiger partial charge in [0, 0.05) is 19.0 Å². The van der Waals surface area contributed by atoms with Crippen molar-refractivity contribution < 1.29 is 18.8 Å². The number of para-hydroxylation sites is 1. The summed E-state index contributed by atoms with van der Waals surface area (Å²) in [5, 5.41) is 4.14. The van der Waals surface area contributed by atoms with Crippen LogP contribution in [0.15, 0.2) is 59.1 Å². The number of carbonyl (C=O) groups is 1. The molecule has 1 aliphatic heterocycles. The van der Waals surface area contributed by atoms with Crippen LogP contribution < -0.4 is 4.74 Å². The fraction of sp³-hybridized carbons (Fsp3) is 0.348. The Bertz CT molecular complexity index is 973. The first kappa shape index (κ1) is 20.1. The predicted octanol–water partition coefficient (Wildman–Crippen LogP) is 3.81. The minimum absolute atomic E-state index is 0.0351. The van der Waals surface area contributed by atoms with E-state index in [1.165, 1.54) is 0 Å². The van der Waals surface area contributed by atoms with Gasteiger partial charge >= 0.3 is 0 Å². The van der Waals surface area contributed by atoms with Gasteiger partial charge in [-0.1, -0.05) is 47.6 Å². The van der Waals surface area contributed by atoms with Crippen molar-refractivity contribution >= 4 is 5.91 Å². The number of aromatic nitrogens is 2. The topological polar surface area (TPSA) is 77.7 Å². The van der Waals surface area contributed by atoms with Crippen molar-refractivity contribution in [2.75, 3.05) is 20.2 Å². The molecular formula is C23H25N3O4. The van der Waals surface area contributed by atoms with Crippen molar-refractivity contribution in [2.24, 2.45) is 0 Å². The molecule has 30 heavy (non-hydrogen) atoms. The predicted molar refractivity (Wildman–Crippen MR) is 110 cm³/mol. The second kappa shape index (κ2) is 9.54. The molecule has 1 saturated heterocycles. The number of hydrogen-bond acceptors (Lipinski definition) is 6. The standard InChI is InChI=1S/C23H25N3O4/c1-28-20-12-6-5-11-19(20)23(27)26-13-7-10-18(14-26)22-24-21(30-25-22)16-29-15-17-8-3-2-4-9-17/h2-6,8-9,11-12,18H,7,10,13-16H2,1H3. The largest absolute Gasteiger partial charge is 0.496 e. The van der Waals surface area contributed by atoms with Gasteiger partial charge in [-0.2, -0.15) is 4.98 Å².